The van der Waals surface area contributed by atoms with E-state index < -0.39 is 0 Å². The highest BCUT2D eigenvalue weighted by Crippen LogP contribution is 2.32. The molecule has 2 heterocycles. The van der Waals surface area contributed by atoms with Crippen molar-refractivity contribution in [3.63, 3.8) is 0 Å². The molecule has 3 nitrogen and oxygen atoms in total. The van der Waals surface area contributed by atoms with E-state index in [0.29, 0.717) is 6.04 Å². The lowest BCUT2D eigenvalue weighted by Crippen LogP contribution is -2.29. The maximum Gasteiger partial charge on any atom is 0.0951 e. The summed E-state index contributed by atoms with van der Waals surface area (Å²) in [5.41, 5.74) is 1.67. The minimum atomic E-state index is 0.266. The lowest BCUT2D eigenvalue weighted by Gasteiger charge is -2.28. The molecule has 2 unspecified atom stereocenters. The Morgan fingerprint density at radius 1 is 1.65 bits per heavy atom. The molecule has 2 rings (SSSR count). The van der Waals surface area contributed by atoms with Crippen LogP contribution in [0.2, 0.25) is 0 Å². The molecule has 0 spiro atoms. The van der Waals surface area contributed by atoms with Crippen molar-refractivity contribution >= 4 is 11.8 Å². The molecule has 1 aliphatic heterocycles. The van der Waals surface area contributed by atoms with Gasteiger partial charge in [-0.1, -0.05) is 13.8 Å². The van der Waals surface area contributed by atoms with E-state index in [1.165, 1.54) is 24.3 Å². The summed E-state index contributed by atoms with van der Waals surface area (Å²) in [7, 11) is 0. The van der Waals surface area contributed by atoms with Crippen LogP contribution in [0.5, 0.6) is 0 Å². The number of rotatable bonds is 5. The Bertz CT molecular complexity index is 355. The van der Waals surface area contributed by atoms with Crippen molar-refractivity contribution in [1.29, 1.82) is 0 Å². The van der Waals surface area contributed by atoms with Gasteiger partial charge < -0.3 is 9.88 Å². The van der Waals surface area contributed by atoms with E-state index in [1.807, 2.05) is 18.1 Å². The summed E-state index contributed by atoms with van der Waals surface area (Å²) in [6, 6.07) is 0.583. The average Bonchev–Trinajstić information content (AvgIpc) is 2.95. The van der Waals surface area contributed by atoms with Gasteiger partial charge in [-0.2, -0.15) is 11.8 Å². The molecule has 1 N–H and O–H groups in total. The van der Waals surface area contributed by atoms with Gasteiger partial charge in [0.05, 0.1) is 6.33 Å². The fraction of sp³-hybridized carbons (Fsp3) is 0.769. The normalized spacial score (nSPS) is 26.3. The van der Waals surface area contributed by atoms with Gasteiger partial charge >= 0.3 is 0 Å². The third-order valence-electron chi connectivity index (χ3n) is 3.88. The second-order valence-electron chi connectivity index (χ2n) is 5.19. The molecule has 4 heteroatoms. The van der Waals surface area contributed by atoms with Gasteiger partial charge in [-0.3, -0.25) is 0 Å². The Balaban J connectivity index is 2.26. The van der Waals surface area contributed by atoms with Gasteiger partial charge in [0.2, 0.25) is 0 Å². The first-order chi connectivity index (χ1) is 8.21. The Kier molecular flexibility index (Phi) is 4.15. The monoisotopic (exact) mass is 253 g/mol. The summed E-state index contributed by atoms with van der Waals surface area (Å²) < 4.78 is 2.41. The largest absolute Gasteiger partial charge is 0.330 e. The van der Waals surface area contributed by atoms with Gasteiger partial charge in [0, 0.05) is 35.6 Å². The quantitative estimate of drug-likeness (QED) is 0.874. The van der Waals surface area contributed by atoms with Gasteiger partial charge in [0.1, 0.15) is 0 Å². The molecule has 1 aromatic heterocycles. The highest BCUT2D eigenvalue weighted by molar-refractivity contribution is 7.98. The molecule has 0 saturated carbocycles. The van der Waals surface area contributed by atoms with E-state index in [4.69, 9.17) is 0 Å². The molecule has 0 amide bonds. The van der Waals surface area contributed by atoms with Crippen LogP contribution in [0.25, 0.3) is 0 Å². The Morgan fingerprint density at radius 2 is 2.47 bits per heavy atom. The van der Waals surface area contributed by atoms with E-state index in [0.717, 1.165) is 13.1 Å². The highest BCUT2D eigenvalue weighted by Gasteiger charge is 2.34. The molecule has 0 aliphatic carbocycles. The van der Waals surface area contributed by atoms with Crippen LogP contribution >= 0.6 is 11.8 Å². The predicted molar refractivity (Wildman–Crippen MR) is 74.8 cm³/mol. The van der Waals surface area contributed by atoms with Crippen molar-refractivity contribution in [2.24, 2.45) is 0 Å². The number of hydrogen-bond donors (Lipinski definition) is 1. The summed E-state index contributed by atoms with van der Waals surface area (Å²) in [5.74, 6) is 1.17. The Morgan fingerprint density at radius 3 is 3.06 bits per heavy atom. The molecule has 1 aromatic rings. The molecule has 1 fully saturated rings. The first kappa shape index (κ1) is 13.0. The lowest BCUT2D eigenvalue weighted by atomic mass is 9.86. The third kappa shape index (κ3) is 2.52. The smallest absolute Gasteiger partial charge is 0.0951 e. The van der Waals surface area contributed by atoms with E-state index in [9.17, 15) is 0 Å². The second-order valence-corrected chi connectivity index (χ2v) is 6.10. The molecule has 0 radical (unpaired) electrons. The standard InChI is InChI=1S/C13H23N3S/c1-4-11(8-17-3)16-10-15-7-12(16)13(2)5-6-14-9-13/h7,10-11,14H,4-6,8-9H2,1-3H3. The summed E-state index contributed by atoms with van der Waals surface area (Å²) in [6.07, 6.45) is 8.65. The molecule has 0 aromatic carbocycles. The van der Waals surface area contributed by atoms with Crippen LogP contribution in [0, 0.1) is 0 Å². The first-order valence-corrected chi connectivity index (χ1v) is 7.82. The van der Waals surface area contributed by atoms with Gasteiger partial charge in [0.15, 0.2) is 0 Å². The van der Waals surface area contributed by atoms with Crippen LogP contribution in [0.4, 0.5) is 0 Å². The van der Waals surface area contributed by atoms with Crippen LogP contribution in [-0.4, -0.2) is 34.6 Å². The zero-order chi connectivity index (χ0) is 12.3. The van der Waals surface area contributed by atoms with Gasteiger partial charge in [-0.25, -0.2) is 4.98 Å². The van der Waals surface area contributed by atoms with E-state index in [1.54, 1.807) is 0 Å². The zero-order valence-corrected chi connectivity index (χ0v) is 11.9. The van der Waals surface area contributed by atoms with E-state index in [2.05, 4.69) is 41.2 Å². The minimum absolute atomic E-state index is 0.266. The van der Waals surface area contributed by atoms with Crippen molar-refractivity contribution in [3.8, 4) is 0 Å². The number of imidazole rings is 1. The van der Waals surface area contributed by atoms with Crippen molar-refractivity contribution < 1.29 is 0 Å². The summed E-state index contributed by atoms with van der Waals surface area (Å²) in [4.78, 5) is 4.39. The van der Waals surface area contributed by atoms with Gasteiger partial charge in [-0.15, -0.1) is 0 Å². The van der Waals surface area contributed by atoms with Crippen molar-refractivity contribution in [2.45, 2.75) is 38.1 Å². The summed E-state index contributed by atoms with van der Waals surface area (Å²) in [5, 5.41) is 3.47. The van der Waals surface area contributed by atoms with Crippen molar-refractivity contribution in [2.75, 3.05) is 25.1 Å². The lowest BCUT2D eigenvalue weighted by molar-refractivity contribution is 0.435. The van der Waals surface area contributed by atoms with Crippen LogP contribution in [-0.2, 0) is 5.41 Å². The number of nitrogens with one attached hydrogen (secondary N) is 1. The number of thioether (sulfide) groups is 1. The van der Waals surface area contributed by atoms with Crippen LogP contribution in [0.15, 0.2) is 12.5 Å². The second kappa shape index (κ2) is 5.44. The maximum absolute atomic E-state index is 4.39. The van der Waals surface area contributed by atoms with Crippen molar-refractivity contribution in [1.82, 2.24) is 14.9 Å². The van der Waals surface area contributed by atoms with E-state index >= 15 is 0 Å². The van der Waals surface area contributed by atoms with Gasteiger partial charge in [0.25, 0.3) is 0 Å². The Labute approximate surface area is 108 Å². The number of aromatic nitrogens is 2. The molecule has 1 aliphatic rings. The molecule has 1 saturated heterocycles. The number of nitrogens with zero attached hydrogens (tertiary/aromatic N) is 2. The SMILES string of the molecule is CCC(CSC)n1cncc1C1(C)CCNC1. The molecule has 0 bridgehead atoms. The fourth-order valence-corrected chi connectivity index (χ4v) is 3.47. The molecule has 17 heavy (non-hydrogen) atoms. The minimum Gasteiger partial charge on any atom is -0.330 e. The Hall–Kier alpha value is -0.480. The molecule has 2 atom stereocenters. The maximum atomic E-state index is 4.39. The molecule has 96 valence electrons. The number of hydrogen-bond acceptors (Lipinski definition) is 3. The summed E-state index contributed by atoms with van der Waals surface area (Å²) >= 11 is 1.92. The third-order valence-corrected chi connectivity index (χ3v) is 4.59. The van der Waals surface area contributed by atoms with Crippen LogP contribution in [0.1, 0.15) is 38.4 Å². The topological polar surface area (TPSA) is 29.9 Å². The van der Waals surface area contributed by atoms with Crippen molar-refractivity contribution in [3.05, 3.63) is 18.2 Å². The zero-order valence-electron chi connectivity index (χ0n) is 11.1. The van der Waals surface area contributed by atoms with Crippen LogP contribution in [0.3, 0.4) is 0 Å². The van der Waals surface area contributed by atoms with E-state index in [-0.39, 0.29) is 5.41 Å². The van der Waals surface area contributed by atoms with Gasteiger partial charge in [-0.05, 0) is 25.6 Å². The first-order valence-electron chi connectivity index (χ1n) is 6.43. The highest BCUT2D eigenvalue weighted by atomic mass is 32.2. The summed E-state index contributed by atoms with van der Waals surface area (Å²) in [6.45, 7) is 6.82. The van der Waals surface area contributed by atoms with Crippen LogP contribution < -0.4 is 5.32 Å². The fourth-order valence-electron chi connectivity index (χ4n) is 2.69. The predicted octanol–water partition coefficient (Wildman–Crippen LogP) is 2.45. The molecular formula is C13H23N3S. The molecular weight excluding hydrogens is 230 g/mol. The average molecular weight is 253 g/mol.